The number of carboxylic acids is 1. The fourth-order valence-corrected chi connectivity index (χ4v) is 3.28. The molecule has 1 saturated carbocycles. The van der Waals surface area contributed by atoms with Gasteiger partial charge >= 0.3 is 5.97 Å². The second-order valence-corrected chi connectivity index (χ2v) is 6.05. The smallest absolute Gasteiger partial charge is 0.326 e. The van der Waals surface area contributed by atoms with Crippen LogP contribution in [0.4, 0.5) is 0 Å². The average molecular weight is 292 g/mol. The summed E-state index contributed by atoms with van der Waals surface area (Å²) in [5.74, 6) is -1.16. The highest BCUT2D eigenvalue weighted by Gasteiger charge is 2.57. The Kier molecular flexibility index (Phi) is 3.67. The second-order valence-electron chi connectivity index (χ2n) is 6.05. The first-order valence-corrected chi connectivity index (χ1v) is 7.32. The molecular formula is C14H20N4O3. The number of piperidine rings is 1. The van der Waals surface area contributed by atoms with Gasteiger partial charge in [0, 0.05) is 24.2 Å². The third-order valence-electron chi connectivity index (χ3n) is 4.70. The van der Waals surface area contributed by atoms with Crippen LogP contribution in [-0.2, 0) is 16.0 Å². The predicted octanol–water partition coefficient (Wildman–Crippen LogP) is -0.0887. The van der Waals surface area contributed by atoms with Crippen molar-refractivity contribution in [2.45, 2.75) is 31.7 Å². The summed E-state index contributed by atoms with van der Waals surface area (Å²) in [4.78, 5) is 30.3. The first-order valence-electron chi connectivity index (χ1n) is 7.32. The molecule has 0 bridgehead atoms. The standard InChI is InChI=1S/C14H20N4O3/c19-12(10-6-14(10)1-3-15-4-2-14)18-11(13(20)21)5-9-7-16-8-17-9/h7-8,10-11,15H,1-6H2,(H,16,17)(H,18,19)(H,20,21)/t10?,11-/m1/s1. The van der Waals surface area contributed by atoms with Crippen molar-refractivity contribution in [1.82, 2.24) is 20.6 Å². The van der Waals surface area contributed by atoms with Gasteiger partial charge in [0.1, 0.15) is 6.04 Å². The molecule has 1 spiro atoms. The van der Waals surface area contributed by atoms with Crippen LogP contribution in [0.3, 0.4) is 0 Å². The minimum absolute atomic E-state index is 0.0248. The van der Waals surface area contributed by atoms with Gasteiger partial charge in [-0.1, -0.05) is 0 Å². The number of aliphatic carboxylic acids is 1. The number of rotatable bonds is 5. The Bertz CT molecular complexity index is 522. The van der Waals surface area contributed by atoms with Gasteiger partial charge in [0.05, 0.1) is 6.33 Å². The van der Waals surface area contributed by atoms with Crippen LogP contribution in [0, 0.1) is 11.3 Å². The summed E-state index contributed by atoms with van der Waals surface area (Å²) in [6, 6.07) is -0.905. The molecule has 114 valence electrons. The molecule has 0 radical (unpaired) electrons. The van der Waals surface area contributed by atoms with Crippen molar-refractivity contribution in [2.24, 2.45) is 11.3 Å². The number of aromatic nitrogens is 2. The van der Waals surface area contributed by atoms with Gasteiger partial charge in [-0.3, -0.25) is 4.79 Å². The van der Waals surface area contributed by atoms with Crippen molar-refractivity contribution in [2.75, 3.05) is 13.1 Å². The molecule has 1 unspecified atom stereocenters. The van der Waals surface area contributed by atoms with Crippen molar-refractivity contribution in [3.05, 3.63) is 18.2 Å². The Hall–Kier alpha value is -1.89. The summed E-state index contributed by atoms with van der Waals surface area (Å²) >= 11 is 0. The lowest BCUT2D eigenvalue weighted by molar-refractivity contribution is -0.142. The molecule has 1 aliphatic heterocycles. The number of carbonyl (C=O) groups excluding carboxylic acids is 1. The van der Waals surface area contributed by atoms with Crippen molar-refractivity contribution < 1.29 is 14.7 Å². The maximum atomic E-state index is 12.3. The van der Waals surface area contributed by atoms with Gasteiger partial charge in [0.15, 0.2) is 0 Å². The predicted molar refractivity (Wildman–Crippen MR) is 74.5 cm³/mol. The molecular weight excluding hydrogens is 272 g/mol. The average Bonchev–Trinajstić information content (AvgIpc) is 2.92. The fraction of sp³-hybridized carbons (Fsp3) is 0.643. The molecule has 21 heavy (non-hydrogen) atoms. The monoisotopic (exact) mass is 292 g/mol. The second kappa shape index (κ2) is 5.48. The van der Waals surface area contributed by atoms with Gasteiger partial charge in [-0.25, -0.2) is 9.78 Å². The van der Waals surface area contributed by atoms with E-state index in [1.165, 1.54) is 6.33 Å². The van der Waals surface area contributed by atoms with E-state index in [4.69, 9.17) is 0 Å². The van der Waals surface area contributed by atoms with Gasteiger partial charge in [-0.05, 0) is 37.8 Å². The highest BCUT2D eigenvalue weighted by atomic mass is 16.4. The molecule has 1 amide bonds. The highest BCUT2D eigenvalue weighted by molar-refractivity contribution is 5.87. The van der Waals surface area contributed by atoms with Crippen LogP contribution in [0.25, 0.3) is 0 Å². The lowest BCUT2D eigenvalue weighted by Gasteiger charge is -2.23. The molecule has 2 aliphatic rings. The minimum Gasteiger partial charge on any atom is -0.480 e. The third kappa shape index (κ3) is 2.92. The number of carboxylic acid groups (broad SMARTS) is 1. The van der Waals surface area contributed by atoms with Gasteiger partial charge in [0.2, 0.25) is 5.91 Å². The molecule has 2 atom stereocenters. The van der Waals surface area contributed by atoms with Crippen molar-refractivity contribution >= 4 is 11.9 Å². The van der Waals surface area contributed by atoms with Crippen LogP contribution >= 0.6 is 0 Å². The SMILES string of the molecule is O=C(N[C@H](Cc1cnc[nH]1)C(=O)O)C1CC12CCNCC2. The summed E-state index contributed by atoms with van der Waals surface area (Å²) in [6.07, 6.45) is 6.19. The van der Waals surface area contributed by atoms with Crippen LogP contribution in [0.1, 0.15) is 25.0 Å². The number of amides is 1. The molecule has 1 aliphatic carbocycles. The lowest BCUT2D eigenvalue weighted by Crippen LogP contribution is -2.44. The Morgan fingerprint density at radius 3 is 2.86 bits per heavy atom. The van der Waals surface area contributed by atoms with Crippen molar-refractivity contribution in [3.8, 4) is 0 Å². The Morgan fingerprint density at radius 2 is 2.24 bits per heavy atom. The number of nitrogens with one attached hydrogen (secondary N) is 3. The molecule has 7 heteroatoms. The molecule has 3 rings (SSSR count). The Balaban J connectivity index is 1.58. The fourth-order valence-electron chi connectivity index (χ4n) is 3.28. The van der Waals surface area contributed by atoms with E-state index in [0.29, 0.717) is 5.69 Å². The number of imidazole rings is 1. The van der Waals surface area contributed by atoms with Crippen LogP contribution in [-0.4, -0.2) is 46.1 Å². The van der Waals surface area contributed by atoms with Gasteiger partial charge < -0.3 is 20.7 Å². The van der Waals surface area contributed by atoms with E-state index < -0.39 is 12.0 Å². The molecule has 1 aromatic heterocycles. The lowest BCUT2D eigenvalue weighted by atomic mass is 9.91. The number of nitrogens with zero attached hydrogens (tertiary/aromatic N) is 1. The van der Waals surface area contributed by atoms with Gasteiger partial charge in [0.25, 0.3) is 0 Å². The van der Waals surface area contributed by atoms with E-state index in [-0.39, 0.29) is 23.7 Å². The zero-order chi connectivity index (χ0) is 14.9. The molecule has 1 saturated heterocycles. The zero-order valence-electron chi connectivity index (χ0n) is 11.8. The number of aromatic amines is 1. The van der Waals surface area contributed by atoms with Crippen LogP contribution in [0.5, 0.6) is 0 Å². The van der Waals surface area contributed by atoms with Crippen molar-refractivity contribution in [1.29, 1.82) is 0 Å². The molecule has 7 nitrogen and oxygen atoms in total. The van der Waals surface area contributed by atoms with Gasteiger partial charge in [-0.2, -0.15) is 0 Å². The summed E-state index contributed by atoms with van der Waals surface area (Å²) in [6.45, 7) is 1.89. The van der Waals surface area contributed by atoms with Crippen molar-refractivity contribution in [3.63, 3.8) is 0 Å². The Morgan fingerprint density at radius 1 is 1.48 bits per heavy atom. The Labute approximate surface area is 122 Å². The van der Waals surface area contributed by atoms with Crippen LogP contribution in [0.15, 0.2) is 12.5 Å². The zero-order valence-corrected chi connectivity index (χ0v) is 11.8. The highest BCUT2D eigenvalue weighted by Crippen LogP contribution is 2.58. The summed E-state index contributed by atoms with van der Waals surface area (Å²) in [5.41, 5.74) is 0.821. The number of carbonyl (C=O) groups is 2. The van der Waals surface area contributed by atoms with E-state index in [1.807, 2.05) is 0 Å². The largest absolute Gasteiger partial charge is 0.480 e. The topological polar surface area (TPSA) is 107 Å². The van der Waals surface area contributed by atoms with Crippen LogP contribution in [0.2, 0.25) is 0 Å². The number of hydrogen-bond acceptors (Lipinski definition) is 4. The van der Waals surface area contributed by atoms with E-state index in [2.05, 4.69) is 20.6 Å². The van der Waals surface area contributed by atoms with E-state index >= 15 is 0 Å². The maximum absolute atomic E-state index is 12.3. The van der Waals surface area contributed by atoms with E-state index in [0.717, 1.165) is 32.4 Å². The van der Waals surface area contributed by atoms with Gasteiger partial charge in [-0.15, -0.1) is 0 Å². The maximum Gasteiger partial charge on any atom is 0.326 e. The van der Waals surface area contributed by atoms with E-state index in [1.54, 1.807) is 6.20 Å². The number of H-pyrrole nitrogens is 1. The quantitative estimate of drug-likeness (QED) is 0.607. The van der Waals surface area contributed by atoms with Crippen LogP contribution < -0.4 is 10.6 Å². The first kappa shape index (κ1) is 14.1. The molecule has 0 aromatic carbocycles. The summed E-state index contributed by atoms with van der Waals surface area (Å²) < 4.78 is 0. The third-order valence-corrected chi connectivity index (χ3v) is 4.70. The summed E-state index contributed by atoms with van der Waals surface area (Å²) in [7, 11) is 0. The first-order chi connectivity index (χ1) is 10.1. The molecule has 2 heterocycles. The van der Waals surface area contributed by atoms with E-state index in [9.17, 15) is 14.7 Å². The normalized spacial score (nSPS) is 24.5. The molecule has 1 aromatic rings. The number of hydrogen-bond donors (Lipinski definition) is 4. The summed E-state index contributed by atoms with van der Waals surface area (Å²) in [5, 5.41) is 15.2. The minimum atomic E-state index is -1.02. The molecule has 2 fully saturated rings. The molecule has 4 N–H and O–H groups in total.